The molecule has 18 heavy (non-hydrogen) atoms. The maximum Gasteiger partial charge on any atom is 0.332 e. The monoisotopic (exact) mass is 363 g/mol. The lowest BCUT2D eigenvalue weighted by molar-refractivity contribution is -0.151. The summed E-state index contributed by atoms with van der Waals surface area (Å²) in [6.07, 6.45) is 0. The van der Waals surface area contributed by atoms with E-state index in [1.807, 2.05) is 12.1 Å². The minimum Gasteiger partial charge on any atom is -0.454 e. The molecule has 1 aromatic rings. The summed E-state index contributed by atoms with van der Waals surface area (Å²) >= 11 is 2.17. The van der Waals surface area contributed by atoms with Gasteiger partial charge in [-0.05, 0) is 53.8 Å². The van der Waals surface area contributed by atoms with Gasteiger partial charge in [0.15, 0.2) is 6.61 Å². The fourth-order valence-corrected chi connectivity index (χ4v) is 1.46. The number of anilines is 1. The number of ether oxygens (including phenoxy) is 2. The number of hydrogen-bond donors (Lipinski definition) is 1. The molecule has 1 N–H and O–H groups in total. The highest BCUT2D eigenvalue weighted by Gasteiger charge is 2.07. The van der Waals surface area contributed by atoms with Crippen LogP contribution in [-0.4, -0.2) is 31.7 Å². The Labute approximate surface area is 119 Å². The van der Waals surface area contributed by atoms with E-state index in [2.05, 4.69) is 27.9 Å². The predicted molar refractivity (Wildman–Crippen MR) is 75.2 cm³/mol. The molecule has 98 valence electrons. The molecular formula is C12H14INO4. The van der Waals surface area contributed by atoms with Crippen molar-refractivity contribution in [2.45, 2.75) is 6.92 Å². The van der Waals surface area contributed by atoms with Crippen molar-refractivity contribution in [3.8, 4) is 0 Å². The van der Waals surface area contributed by atoms with Crippen molar-refractivity contribution in [2.24, 2.45) is 0 Å². The molecule has 1 aromatic carbocycles. The fraction of sp³-hybridized carbons (Fsp3) is 0.333. The molecule has 0 saturated carbocycles. The van der Waals surface area contributed by atoms with Gasteiger partial charge in [-0.1, -0.05) is 0 Å². The summed E-state index contributed by atoms with van der Waals surface area (Å²) < 4.78 is 10.7. The SMILES string of the molecule is CCOCC(=O)OCC(=O)Nc1ccc(I)cc1. The number of rotatable bonds is 6. The lowest BCUT2D eigenvalue weighted by Gasteiger charge is -2.06. The van der Waals surface area contributed by atoms with Gasteiger partial charge in [-0.3, -0.25) is 4.79 Å². The number of benzene rings is 1. The summed E-state index contributed by atoms with van der Waals surface area (Å²) in [5.74, 6) is -0.921. The van der Waals surface area contributed by atoms with Gasteiger partial charge < -0.3 is 14.8 Å². The van der Waals surface area contributed by atoms with Crippen molar-refractivity contribution < 1.29 is 19.1 Å². The average Bonchev–Trinajstić information content (AvgIpc) is 2.36. The Hall–Kier alpha value is -1.15. The normalized spacial score (nSPS) is 9.89. The molecule has 0 bridgehead atoms. The van der Waals surface area contributed by atoms with Gasteiger partial charge in [0.25, 0.3) is 5.91 Å². The van der Waals surface area contributed by atoms with E-state index >= 15 is 0 Å². The molecule has 0 aromatic heterocycles. The van der Waals surface area contributed by atoms with Crippen molar-refractivity contribution in [1.29, 1.82) is 0 Å². The Morgan fingerprint density at radius 3 is 2.50 bits per heavy atom. The molecule has 1 amide bonds. The van der Waals surface area contributed by atoms with Crippen LogP contribution in [0.15, 0.2) is 24.3 Å². The molecule has 0 radical (unpaired) electrons. The number of nitrogens with one attached hydrogen (secondary N) is 1. The lowest BCUT2D eigenvalue weighted by atomic mass is 10.3. The zero-order valence-corrected chi connectivity index (χ0v) is 12.1. The highest BCUT2D eigenvalue weighted by atomic mass is 127. The van der Waals surface area contributed by atoms with Crippen LogP contribution in [0.3, 0.4) is 0 Å². The van der Waals surface area contributed by atoms with Crippen LogP contribution in [0.1, 0.15) is 6.92 Å². The topological polar surface area (TPSA) is 64.6 Å². The standard InChI is InChI=1S/C12H14INO4/c1-2-17-8-12(16)18-7-11(15)14-10-5-3-9(13)4-6-10/h3-6H,2,7-8H2,1H3,(H,14,15). The maximum absolute atomic E-state index is 11.4. The zero-order chi connectivity index (χ0) is 13.4. The Morgan fingerprint density at radius 2 is 1.89 bits per heavy atom. The predicted octanol–water partition coefficient (Wildman–Crippen LogP) is 1.81. The van der Waals surface area contributed by atoms with Gasteiger partial charge in [-0.25, -0.2) is 4.79 Å². The molecular weight excluding hydrogens is 349 g/mol. The Balaban J connectivity index is 2.29. The number of carbonyl (C=O) groups excluding carboxylic acids is 2. The largest absolute Gasteiger partial charge is 0.454 e. The van der Waals surface area contributed by atoms with E-state index in [0.29, 0.717) is 12.3 Å². The molecule has 0 atom stereocenters. The molecule has 6 heteroatoms. The highest BCUT2D eigenvalue weighted by Crippen LogP contribution is 2.10. The zero-order valence-electron chi connectivity index (χ0n) is 9.94. The van der Waals surface area contributed by atoms with Crippen molar-refractivity contribution in [1.82, 2.24) is 0 Å². The minimum absolute atomic E-state index is 0.132. The van der Waals surface area contributed by atoms with Gasteiger partial charge in [0.1, 0.15) is 6.61 Å². The molecule has 0 heterocycles. The minimum atomic E-state index is -0.547. The van der Waals surface area contributed by atoms with Crippen LogP contribution >= 0.6 is 22.6 Å². The quantitative estimate of drug-likeness (QED) is 0.619. The summed E-state index contributed by atoms with van der Waals surface area (Å²) in [7, 11) is 0. The Kier molecular flexibility index (Phi) is 6.66. The van der Waals surface area contributed by atoms with Gasteiger partial charge in [-0.15, -0.1) is 0 Å². The molecule has 1 rings (SSSR count). The fourth-order valence-electron chi connectivity index (χ4n) is 1.10. The molecule has 5 nitrogen and oxygen atoms in total. The Bertz CT molecular complexity index is 405. The second-order valence-electron chi connectivity index (χ2n) is 3.35. The molecule has 0 aliphatic heterocycles. The number of esters is 1. The smallest absolute Gasteiger partial charge is 0.332 e. The number of carbonyl (C=O) groups is 2. The second-order valence-corrected chi connectivity index (χ2v) is 4.60. The number of hydrogen-bond acceptors (Lipinski definition) is 4. The first-order chi connectivity index (χ1) is 8.61. The van der Waals surface area contributed by atoms with E-state index < -0.39 is 5.97 Å². The third-order valence-corrected chi connectivity index (χ3v) is 2.64. The van der Waals surface area contributed by atoms with Crippen LogP contribution in [0.4, 0.5) is 5.69 Å². The summed E-state index contributed by atoms with van der Waals surface area (Å²) in [5, 5.41) is 2.62. The summed E-state index contributed by atoms with van der Waals surface area (Å²) in [5.41, 5.74) is 0.668. The molecule has 0 saturated heterocycles. The van der Waals surface area contributed by atoms with Gasteiger partial charge in [0, 0.05) is 15.9 Å². The number of amides is 1. The van der Waals surface area contributed by atoms with Gasteiger partial charge in [0.2, 0.25) is 0 Å². The molecule has 0 aliphatic rings. The molecule has 0 aliphatic carbocycles. The lowest BCUT2D eigenvalue weighted by Crippen LogP contribution is -2.22. The van der Waals surface area contributed by atoms with E-state index in [4.69, 9.17) is 9.47 Å². The molecule has 0 spiro atoms. The van der Waals surface area contributed by atoms with Crippen LogP contribution in [0.2, 0.25) is 0 Å². The molecule has 0 unspecified atom stereocenters. The van der Waals surface area contributed by atoms with Crippen molar-refractivity contribution in [3.63, 3.8) is 0 Å². The highest BCUT2D eigenvalue weighted by molar-refractivity contribution is 14.1. The van der Waals surface area contributed by atoms with Crippen LogP contribution in [0.25, 0.3) is 0 Å². The van der Waals surface area contributed by atoms with Crippen LogP contribution in [-0.2, 0) is 19.1 Å². The second kappa shape index (κ2) is 8.04. The summed E-state index contributed by atoms with van der Waals surface area (Å²) in [6.45, 7) is 1.77. The van der Waals surface area contributed by atoms with Crippen LogP contribution in [0.5, 0.6) is 0 Å². The van der Waals surface area contributed by atoms with Crippen molar-refractivity contribution in [2.75, 3.05) is 25.1 Å². The van der Waals surface area contributed by atoms with E-state index in [1.165, 1.54) is 0 Å². The van der Waals surface area contributed by atoms with Crippen LogP contribution < -0.4 is 5.32 Å². The van der Waals surface area contributed by atoms with Crippen molar-refractivity contribution in [3.05, 3.63) is 27.8 Å². The number of halogens is 1. The summed E-state index contributed by atoms with van der Waals surface area (Å²) in [6, 6.07) is 7.30. The van der Waals surface area contributed by atoms with E-state index in [-0.39, 0.29) is 19.1 Å². The maximum atomic E-state index is 11.4. The van der Waals surface area contributed by atoms with Crippen LogP contribution in [0, 0.1) is 3.57 Å². The van der Waals surface area contributed by atoms with Gasteiger partial charge in [-0.2, -0.15) is 0 Å². The van der Waals surface area contributed by atoms with E-state index in [0.717, 1.165) is 3.57 Å². The summed E-state index contributed by atoms with van der Waals surface area (Å²) in [4.78, 5) is 22.5. The third kappa shape index (κ3) is 5.97. The van der Waals surface area contributed by atoms with E-state index in [1.54, 1.807) is 19.1 Å². The first-order valence-corrected chi connectivity index (χ1v) is 6.48. The van der Waals surface area contributed by atoms with Gasteiger partial charge in [0.05, 0.1) is 0 Å². The van der Waals surface area contributed by atoms with E-state index in [9.17, 15) is 9.59 Å². The Morgan fingerprint density at radius 1 is 1.22 bits per heavy atom. The third-order valence-electron chi connectivity index (χ3n) is 1.92. The first-order valence-electron chi connectivity index (χ1n) is 5.40. The van der Waals surface area contributed by atoms with Crippen molar-refractivity contribution >= 4 is 40.2 Å². The van der Waals surface area contributed by atoms with Gasteiger partial charge >= 0.3 is 5.97 Å². The first kappa shape index (κ1) is 14.9. The average molecular weight is 363 g/mol. The molecule has 0 fully saturated rings.